The number of carbonyl (C=O) groups is 2. The van der Waals surface area contributed by atoms with Gasteiger partial charge in [0.1, 0.15) is 6.04 Å². The minimum atomic E-state index is -0.871. The van der Waals surface area contributed by atoms with Crippen LogP contribution in [0.5, 0.6) is 0 Å². The summed E-state index contributed by atoms with van der Waals surface area (Å²) in [4.78, 5) is 26.4. The maximum absolute atomic E-state index is 13.2. The van der Waals surface area contributed by atoms with E-state index < -0.39 is 17.4 Å². The first-order chi connectivity index (χ1) is 10.1. The Kier molecular flexibility index (Phi) is 5.54. The summed E-state index contributed by atoms with van der Waals surface area (Å²) in [6.07, 6.45) is 4.45. The Morgan fingerprint density at radius 3 is 2.71 bits per heavy atom. The lowest BCUT2D eigenvalue weighted by Crippen LogP contribution is -2.56. The SMILES string of the molecule is CCCC1SCC(C(=O)O)N1C(=O)C1(CC)CCCNC1. The maximum atomic E-state index is 13.2. The van der Waals surface area contributed by atoms with Gasteiger partial charge in [0.15, 0.2) is 0 Å². The standard InChI is InChI=1S/C15H26N2O3S/c1-3-6-12-17(11(9-21-12)13(18)19)14(20)15(4-2)7-5-8-16-10-15/h11-12,16H,3-10H2,1-2H3,(H,18,19). The quantitative estimate of drug-likeness (QED) is 0.811. The third kappa shape index (κ3) is 3.21. The molecule has 6 heteroatoms. The number of rotatable bonds is 5. The second kappa shape index (κ2) is 7.01. The molecule has 5 nitrogen and oxygen atoms in total. The third-order valence-electron chi connectivity index (χ3n) is 4.75. The van der Waals surface area contributed by atoms with Crippen molar-refractivity contribution in [3.8, 4) is 0 Å². The molecule has 3 atom stereocenters. The fourth-order valence-electron chi connectivity index (χ4n) is 3.37. The zero-order chi connectivity index (χ0) is 15.5. The molecular weight excluding hydrogens is 288 g/mol. The highest BCUT2D eigenvalue weighted by Gasteiger charge is 2.48. The molecule has 2 saturated heterocycles. The van der Waals surface area contributed by atoms with Gasteiger partial charge in [-0.25, -0.2) is 4.79 Å². The summed E-state index contributed by atoms with van der Waals surface area (Å²) in [5.74, 6) is -0.309. The van der Waals surface area contributed by atoms with Crippen molar-refractivity contribution in [2.45, 2.75) is 57.4 Å². The molecule has 0 aromatic heterocycles. The Hall–Kier alpha value is -0.750. The molecule has 0 aromatic rings. The third-order valence-corrected chi connectivity index (χ3v) is 6.11. The number of hydrogen-bond donors (Lipinski definition) is 2. The average Bonchev–Trinajstić information content (AvgIpc) is 2.91. The summed E-state index contributed by atoms with van der Waals surface area (Å²) >= 11 is 1.62. The highest BCUT2D eigenvalue weighted by molar-refractivity contribution is 8.00. The highest BCUT2D eigenvalue weighted by atomic mass is 32.2. The Labute approximate surface area is 130 Å². The molecule has 1 amide bonds. The molecule has 0 aliphatic carbocycles. The monoisotopic (exact) mass is 314 g/mol. The van der Waals surface area contributed by atoms with Crippen LogP contribution < -0.4 is 5.32 Å². The van der Waals surface area contributed by atoms with E-state index in [-0.39, 0.29) is 11.3 Å². The first-order valence-corrected chi connectivity index (χ1v) is 8.98. The van der Waals surface area contributed by atoms with Crippen molar-refractivity contribution in [1.82, 2.24) is 10.2 Å². The van der Waals surface area contributed by atoms with Crippen LogP contribution in [0.15, 0.2) is 0 Å². The molecular formula is C15H26N2O3S. The molecule has 0 bridgehead atoms. The van der Waals surface area contributed by atoms with Gasteiger partial charge in [0.25, 0.3) is 0 Å². The van der Waals surface area contributed by atoms with Gasteiger partial charge < -0.3 is 15.3 Å². The number of piperidine rings is 1. The maximum Gasteiger partial charge on any atom is 0.327 e. The smallest absolute Gasteiger partial charge is 0.327 e. The van der Waals surface area contributed by atoms with Crippen LogP contribution in [-0.2, 0) is 9.59 Å². The zero-order valence-electron chi connectivity index (χ0n) is 12.9. The van der Waals surface area contributed by atoms with E-state index in [4.69, 9.17) is 0 Å². The molecule has 2 fully saturated rings. The predicted molar refractivity (Wildman–Crippen MR) is 84.3 cm³/mol. The van der Waals surface area contributed by atoms with Crippen LogP contribution in [-0.4, -0.2) is 52.1 Å². The summed E-state index contributed by atoms with van der Waals surface area (Å²) in [5, 5.41) is 12.8. The molecule has 0 radical (unpaired) electrons. The molecule has 0 saturated carbocycles. The molecule has 21 heavy (non-hydrogen) atoms. The van der Waals surface area contributed by atoms with E-state index in [0.29, 0.717) is 12.3 Å². The van der Waals surface area contributed by atoms with Gasteiger partial charge in [-0.05, 0) is 32.2 Å². The van der Waals surface area contributed by atoms with E-state index in [0.717, 1.165) is 38.6 Å². The summed E-state index contributed by atoms with van der Waals surface area (Å²) in [6, 6.07) is -0.663. The fraction of sp³-hybridized carbons (Fsp3) is 0.867. The van der Waals surface area contributed by atoms with Gasteiger partial charge in [0, 0.05) is 12.3 Å². The summed E-state index contributed by atoms with van der Waals surface area (Å²) in [6.45, 7) is 5.74. The molecule has 2 N–H and O–H groups in total. The van der Waals surface area contributed by atoms with Crippen molar-refractivity contribution >= 4 is 23.6 Å². The highest BCUT2D eigenvalue weighted by Crippen LogP contribution is 2.39. The second-order valence-electron chi connectivity index (χ2n) is 6.06. The van der Waals surface area contributed by atoms with Crippen molar-refractivity contribution in [3.63, 3.8) is 0 Å². The lowest BCUT2D eigenvalue weighted by Gasteiger charge is -2.41. The van der Waals surface area contributed by atoms with E-state index in [2.05, 4.69) is 12.2 Å². The van der Waals surface area contributed by atoms with Crippen LogP contribution in [0.1, 0.15) is 46.0 Å². The molecule has 2 heterocycles. The van der Waals surface area contributed by atoms with Gasteiger partial charge in [-0.2, -0.15) is 0 Å². The number of aliphatic carboxylic acids is 1. The van der Waals surface area contributed by atoms with Crippen molar-refractivity contribution in [2.75, 3.05) is 18.8 Å². The van der Waals surface area contributed by atoms with Crippen LogP contribution in [0.3, 0.4) is 0 Å². The predicted octanol–water partition coefficient (Wildman–Crippen LogP) is 1.92. The van der Waals surface area contributed by atoms with Crippen molar-refractivity contribution in [3.05, 3.63) is 0 Å². The van der Waals surface area contributed by atoms with Crippen LogP contribution in [0, 0.1) is 5.41 Å². The van der Waals surface area contributed by atoms with E-state index in [1.54, 1.807) is 16.7 Å². The Balaban J connectivity index is 2.24. The molecule has 3 unspecified atom stereocenters. The van der Waals surface area contributed by atoms with Crippen LogP contribution in [0.4, 0.5) is 0 Å². The summed E-state index contributed by atoms with van der Waals surface area (Å²) in [5.41, 5.74) is -0.414. The Bertz CT molecular complexity index is 396. The van der Waals surface area contributed by atoms with E-state index in [1.165, 1.54) is 0 Å². The number of carboxylic acid groups (broad SMARTS) is 1. The molecule has 2 rings (SSSR count). The minimum Gasteiger partial charge on any atom is -0.480 e. The number of carboxylic acids is 1. The van der Waals surface area contributed by atoms with Gasteiger partial charge in [-0.3, -0.25) is 4.79 Å². The van der Waals surface area contributed by atoms with Crippen LogP contribution in [0.2, 0.25) is 0 Å². The number of amides is 1. The number of carbonyl (C=O) groups excluding carboxylic acids is 1. The first-order valence-electron chi connectivity index (χ1n) is 7.93. The number of thioether (sulfide) groups is 1. The van der Waals surface area contributed by atoms with Crippen molar-refractivity contribution < 1.29 is 14.7 Å². The Morgan fingerprint density at radius 2 is 2.19 bits per heavy atom. The number of nitrogens with one attached hydrogen (secondary N) is 1. The fourth-order valence-corrected chi connectivity index (χ4v) is 4.89. The Morgan fingerprint density at radius 1 is 1.43 bits per heavy atom. The molecule has 2 aliphatic heterocycles. The lowest BCUT2D eigenvalue weighted by molar-refractivity contribution is -0.155. The van der Waals surface area contributed by atoms with Gasteiger partial charge in [0.2, 0.25) is 5.91 Å². The average molecular weight is 314 g/mol. The van der Waals surface area contributed by atoms with Gasteiger partial charge in [-0.1, -0.05) is 20.3 Å². The van der Waals surface area contributed by atoms with Crippen LogP contribution in [0.25, 0.3) is 0 Å². The largest absolute Gasteiger partial charge is 0.480 e. The van der Waals surface area contributed by atoms with E-state index >= 15 is 0 Å². The summed E-state index contributed by atoms with van der Waals surface area (Å²) in [7, 11) is 0. The summed E-state index contributed by atoms with van der Waals surface area (Å²) < 4.78 is 0. The van der Waals surface area contributed by atoms with E-state index in [9.17, 15) is 14.7 Å². The molecule has 0 aromatic carbocycles. The lowest BCUT2D eigenvalue weighted by atomic mass is 9.76. The van der Waals surface area contributed by atoms with Crippen molar-refractivity contribution in [1.29, 1.82) is 0 Å². The van der Waals surface area contributed by atoms with Crippen LogP contribution >= 0.6 is 11.8 Å². The normalized spacial score (nSPS) is 33.1. The number of hydrogen-bond acceptors (Lipinski definition) is 4. The van der Waals surface area contributed by atoms with Gasteiger partial charge in [-0.15, -0.1) is 11.8 Å². The van der Waals surface area contributed by atoms with E-state index in [1.807, 2.05) is 6.92 Å². The van der Waals surface area contributed by atoms with Gasteiger partial charge >= 0.3 is 5.97 Å². The number of nitrogens with zero attached hydrogens (tertiary/aromatic N) is 1. The molecule has 0 spiro atoms. The van der Waals surface area contributed by atoms with Gasteiger partial charge in [0.05, 0.1) is 10.8 Å². The zero-order valence-corrected chi connectivity index (χ0v) is 13.7. The second-order valence-corrected chi connectivity index (χ2v) is 7.27. The molecule has 2 aliphatic rings. The topological polar surface area (TPSA) is 69.6 Å². The molecule has 120 valence electrons. The van der Waals surface area contributed by atoms with Crippen molar-refractivity contribution in [2.24, 2.45) is 5.41 Å². The first kappa shape index (κ1) is 16.6. The minimum absolute atomic E-state index is 0.0222.